The van der Waals surface area contributed by atoms with E-state index in [0.717, 1.165) is 12.1 Å². The van der Waals surface area contributed by atoms with E-state index in [2.05, 4.69) is 25.5 Å². The molecule has 4 aromatic heterocycles. The zero-order valence-corrected chi connectivity index (χ0v) is 16.7. The molecule has 0 bridgehead atoms. The molecule has 1 N–H and O–H groups in total. The van der Waals surface area contributed by atoms with E-state index in [1.54, 1.807) is 35.3 Å². The Morgan fingerprint density at radius 1 is 1.06 bits per heavy atom. The highest BCUT2D eigenvalue weighted by atomic mass is 16.5. The first-order valence-electron chi connectivity index (χ1n) is 9.84. The number of benzene rings is 1. The van der Waals surface area contributed by atoms with Crippen molar-refractivity contribution in [2.45, 2.75) is 13.5 Å². The van der Waals surface area contributed by atoms with Crippen molar-refractivity contribution in [3.63, 3.8) is 0 Å². The fourth-order valence-electron chi connectivity index (χ4n) is 3.36. The van der Waals surface area contributed by atoms with Crippen molar-refractivity contribution in [1.82, 2.24) is 24.9 Å². The van der Waals surface area contributed by atoms with Crippen LogP contribution in [0.2, 0.25) is 0 Å². The molecule has 0 unspecified atom stereocenters. The van der Waals surface area contributed by atoms with E-state index in [9.17, 15) is 4.79 Å². The van der Waals surface area contributed by atoms with Gasteiger partial charge < -0.3 is 9.84 Å². The Balaban J connectivity index is 1.68. The minimum atomic E-state index is -0.296. The highest BCUT2D eigenvalue weighted by Gasteiger charge is 2.22. The summed E-state index contributed by atoms with van der Waals surface area (Å²) in [6.07, 6.45) is 5.11. The lowest BCUT2D eigenvalue weighted by Crippen LogP contribution is -2.13. The number of fused-ring (bicyclic) bond motifs is 1. The number of rotatable bonds is 5. The number of anilines is 1. The number of hydrogen-bond donors (Lipinski definition) is 1. The third-order valence-electron chi connectivity index (χ3n) is 4.90. The second-order valence-corrected chi connectivity index (χ2v) is 6.88. The lowest BCUT2D eigenvalue weighted by molar-refractivity contribution is 0.102. The Morgan fingerprint density at radius 3 is 2.61 bits per heavy atom. The third kappa shape index (κ3) is 3.55. The van der Waals surface area contributed by atoms with E-state index >= 15 is 0 Å². The number of hydrogen-bond acceptors (Lipinski definition) is 6. The predicted molar refractivity (Wildman–Crippen MR) is 116 cm³/mol. The minimum Gasteiger partial charge on any atom is -0.335 e. The largest absolute Gasteiger partial charge is 0.335 e. The first kappa shape index (κ1) is 18.7. The molecule has 5 aromatic rings. The SMILES string of the molecule is CCn1ccc(-c2cc(C(=O)Nc3ccncc3)c3c(-c4ccccc4)noc3n2)n1. The maximum Gasteiger partial charge on any atom is 0.259 e. The minimum absolute atomic E-state index is 0.280. The average Bonchev–Trinajstić information content (AvgIpc) is 3.47. The number of nitrogens with zero attached hydrogens (tertiary/aromatic N) is 5. The first-order chi connectivity index (χ1) is 15.2. The number of pyridine rings is 2. The molecule has 1 amide bonds. The molecule has 8 heteroatoms. The van der Waals surface area contributed by atoms with Crippen molar-refractivity contribution in [3.05, 3.63) is 78.8 Å². The summed E-state index contributed by atoms with van der Waals surface area (Å²) in [5.41, 5.74) is 3.91. The number of amides is 1. The Kier molecular flexibility index (Phi) is 4.72. The molecule has 152 valence electrons. The second-order valence-electron chi connectivity index (χ2n) is 6.88. The van der Waals surface area contributed by atoms with Gasteiger partial charge in [0.25, 0.3) is 11.6 Å². The average molecular weight is 410 g/mol. The molecule has 1 aromatic carbocycles. The van der Waals surface area contributed by atoms with E-state index in [1.807, 2.05) is 49.5 Å². The number of aryl methyl sites for hydroxylation is 1. The zero-order valence-electron chi connectivity index (χ0n) is 16.7. The van der Waals surface area contributed by atoms with E-state index in [0.29, 0.717) is 33.7 Å². The van der Waals surface area contributed by atoms with Crippen LogP contribution in [0.4, 0.5) is 5.69 Å². The molecule has 0 saturated carbocycles. The predicted octanol–water partition coefficient (Wildman–Crippen LogP) is 4.42. The summed E-state index contributed by atoms with van der Waals surface area (Å²) in [6.45, 7) is 2.74. The van der Waals surface area contributed by atoms with Crippen LogP contribution in [0, 0.1) is 0 Å². The van der Waals surface area contributed by atoms with Gasteiger partial charge in [-0.15, -0.1) is 0 Å². The van der Waals surface area contributed by atoms with Crippen LogP contribution in [-0.2, 0) is 6.54 Å². The van der Waals surface area contributed by atoms with Crippen LogP contribution < -0.4 is 5.32 Å². The van der Waals surface area contributed by atoms with Crippen LogP contribution in [0.3, 0.4) is 0 Å². The van der Waals surface area contributed by atoms with E-state index in [4.69, 9.17) is 4.52 Å². The van der Waals surface area contributed by atoms with Crippen molar-refractivity contribution in [2.24, 2.45) is 0 Å². The molecular formula is C23H18N6O2. The molecule has 0 fully saturated rings. The molecule has 4 heterocycles. The Hall–Kier alpha value is -4.33. The summed E-state index contributed by atoms with van der Waals surface area (Å²) in [4.78, 5) is 21.9. The molecule has 0 aliphatic heterocycles. The Labute approximate surface area is 177 Å². The monoisotopic (exact) mass is 410 g/mol. The van der Waals surface area contributed by atoms with E-state index in [1.165, 1.54) is 0 Å². The standard InChI is InChI=1S/C23H18N6O2/c1-2-29-13-10-18(27-29)19-14-17(22(30)25-16-8-11-24-12-9-16)20-21(28-31-23(20)26-19)15-6-4-3-5-7-15/h3-14H,2H2,1H3,(H,24,25,30). The van der Waals surface area contributed by atoms with Gasteiger partial charge in [0.2, 0.25) is 0 Å². The molecule has 0 spiro atoms. The summed E-state index contributed by atoms with van der Waals surface area (Å²) in [6, 6.07) is 16.6. The van der Waals surface area contributed by atoms with Gasteiger partial charge in [0, 0.05) is 36.4 Å². The van der Waals surface area contributed by atoms with E-state index < -0.39 is 0 Å². The summed E-state index contributed by atoms with van der Waals surface area (Å²) >= 11 is 0. The van der Waals surface area contributed by atoms with E-state index in [-0.39, 0.29) is 11.6 Å². The van der Waals surface area contributed by atoms with Crippen LogP contribution in [0.5, 0.6) is 0 Å². The number of nitrogens with one attached hydrogen (secondary N) is 1. The van der Waals surface area contributed by atoms with Crippen molar-refractivity contribution >= 4 is 22.7 Å². The van der Waals surface area contributed by atoms with Gasteiger partial charge >= 0.3 is 0 Å². The van der Waals surface area contributed by atoms with Gasteiger partial charge in [0.05, 0.1) is 16.6 Å². The first-order valence-corrected chi connectivity index (χ1v) is 9.84. The molecule has 0 atom stereocenters. The number of carbonyl (C=O) groups is 1. The molecule has 0 radical (unpaired) electrons. The van der Waals surface area contributed by atoms with Gasteiger partial charge in [-0.25, -0.2) is 4.98 Å². The van der Waals surface area contributed by atoms with Gasteiger partial charge in [-0.2, -0.15) is 5.10 Å². The van der Waals surface area contributed by atoms with Crippen LogP contribution >= 0.6 is 0 Å². The molecule has 8 nitrogen and oxygen atoms in total. The zero-order chi connectivity index (χ0) is 21.2. The lowest BCUT2D eigenvalue weighted by Gasteiger charge is -2.08. The van der Waals surface area contributed by atoms with Crippen LogP contribution in [0.1, 0.15) is 17.3 Å². The quantitative estimate of drug-likeness (QED) is 0.460. The Bertz CT molecular complexity index is 1360. The molecule has 5 rings (SSSR count). The van der Waals surface area contributed by atoms with Gasteiger partial charge in [-0.3, -0.25) is 14.5 Å². The van der Waals surface area contributed by atoms with Crippen LogP contribution in [-0.4, -0.2) is 30.8 Å². The van der Waals surface area contributed by atoms with Crippen LogP contribution in [0.25, 0.3) is 33.7 Å². The fraction of sp³-hybridized carbons (Fsp3) is 0.0870. The summed E-state index contributed by atoms with van der Waals surface area (Å²) < 4.78 is 7.35. The number of aromatic nitrogens is 5. The van der Waals surface area contributed by atoms with Gasteiger partial charge in [0.15, 0.2) is 0 Å². The second kappa shape index (κ2) is 7.83. The molecule has 0 aliphatic carbocycles. The van der Waals surface area contributed by atoms with Crippen molar-refractivity contribution in [2.75, 3.05) is 5.32 Å². The summed E-state index contributed by atoms with van der Waals surface area (Å²) in [5, 5.41) is 12.2. The smallest absolute Gasteiger partial charge is 0.259 e. The van der Waals surface area contributed by atoms with Crippen molar-refractivity contribution in [3.8, 4) is 22.6 Å². The third-order valence-corrected chi connectivity index (χ3v) is 4.90. The number of carbonyl (C=O) groups excluding carboxylic acids is 1. The normalized spacial score (nSPS) is 11.0. The highest BCUT2D eigenvalue weighted by Crippen LogP contribution is 2.32. The van der Waals surface area contributed by atoms with Gasteiger partial charge in [0.1, 0.15) is 11.4 Å². The molecule has 31 heavy (non-hydrogen) atoms. The summed E-state index contributed by atoms with van der Waals surface area (Å²) in [7, 11) is 0. The van der Waals surface area contributed by atoms with Crippen molar-refractivity contribution in [1.29, 1.82) is 0 Å². The Morgan fingerprint density at radius 2 is 1.87 bits per heavy atom. The molecular weight excluding hydrogens is 392 g/mol. The lowest BCUT2D eigenvalue weighted by atomic mass is 10.0. The fourth-order valence-corrected chi connectivity index (χ4v) is 3.36. The van der Waals surface area contributed by atoms with Crippen molar-refractivity contribution < 1.29 is 9.32 Å². The van der Waals surface area contributed by atoms with Crippen LogP contribution in [0.15, 0.2) is 77.7 Å². The van der Waals surface area contributed by atoms with Gasteiger partial charge in [-0.1, -0.05) is 35.5 Å². The maximum atomic E-state index is 13.3. The highest BCUT2D eigenvalue weighted by molar-refractivity contribution is 6.15. The topological polar surface area (TPSA) is 98.7 Å². The van der Waals surface area contributed by atoms with Gasteiger partial charge in [-0.05, 0) is 31.2 Å². The molecule has 0 saturated heterocycles. The molecule has 0 aliphatic rings. The summed E-state index contributed by atoms with van der Waals surface area (Å²) in [5.74, 6) is -0.296. The maximum absolute atomic E-state index is 13.3.